The summed E-state index contributed by atoms with van der Waals surface area (Å²) in [7, 11) is 1.71. The van der Waals surface area contributed by atoms with Crippen LogP contribution in [0.5, 0.6) is 5.75 Å². The second-order valence-electron chi connectivity index (χ2n) is 9.77. The SMILES string of the molecule is CCOC(=O)c1ccc(C(=C2CC3CCC(C2)N3CCc2ccc(OC)cc2)c2ccccc2)cc1. The Hall–Kier alpha value is -3.37. The maximum atomic E-state index is 12.2. The molecule has 0 amide bonds. The molecule has 2 fully saturated rings. The van der Waals surface area contributed by atoms with Crippen molar-refractivity contribution in [3.05, 3.63) is 107 Å². The fourth-order valence-electron chi connectivity index (χ4n) is 5.89. The number of benzene rings is 3. The first kappa shape index (κ1) is 24.3. The summed E-state index contributed by atoms with van der Waals surface area (Å²) in [5, 5.41) is 0. The van der Waals surface area contributed by atoms with Gasteiger partial charge in [0, 0.05) is 18.6 Å². The number of methoxy groups -OCH3 is 1. The van der Waals surface area contributed by atoms with Gasteiger partial charge in [0.2, 0.25) is 0 Å². The monoisotopic (exact) mass is 481 g/mol. The van der Waals surface area contributed by atoms with Crippen LogP contribution in [0.4, 0.5) is 0 Å². The number of nitrogens with zero attached hydrogens (tertiary/aromatic N) is 1. The highest BCUT2D eigenvalue weighted by Gasteiger charge is 2.39. The topological polar surface area (TPSA) is 38.8 Å². The molecule has 2 aliphatic heterocycles. The number of carbonyl (C=O) groups excluding carboxylic acids is 1. The van der Waals surface area contributed by atoms with Crippen molar-refractivity contribution in [3.63, 3.8) is 0 Å². The summed E-state index contributed by atoms with van der Waals surface area (Å²) in [6, 6.07) is 28.3. The average molecular weight is 482 g/mol. The zero-order valence-electron chi connectivity index (χ0n) is 21.3. The number of piperidine rings is 1. The summed E-state index contributed by atoms with van der Waals surface area (Å²) >= 11 is 0. The quantitative estimate of drug-likeness (QED) is 0.342. The van der Waals surface area contributed by atoms with Crippen LogP contribution >= 0.6 is 0 Å². The first-order chi connectivity index (χ1) is 17.7. The molecule has 2 bridgehead atoms. The van der Waals surface area contributed by atoms with Gasteiger partial charge < -0.3 is 9.47 Å². The van der Waals surface area contributed by atoms with Crippen molar-refractivity contribution in [2.75, 3.05) is 20.3 Å². The van der Waals surface area contributed by atoms with Gasteiger partial charge in [0.15, 0.2) is 0 Å². The highest BCUT2D eigenvalue weighted by Crippen LogP contribution is 2.43. The van der Waals surface area contributed by atoms with E-state index in [9.17, 15) is 4.79 Å². The standard InChI is InChI=1S/C32H35NO3/c1-3-36-32(34)26-13-11-25(12-14-26)31(24-7-5-4-6-8-24)27-21-28-15-16-29(22-27)33(28)20-19-23-9-17-30(35-2)18-10-23/h4-14,17-18,28-29H,3,15-16,19-22H2,1-2H3. The van der Waals surface area contributed by atoms with Crippen molar-refractivity contribution in [1.29, 1.82) is 0 Å². The molecule has 0 saturated carbocycles. The molecule has 186 valence electrons. The Morgan fingerprint density at radius 3 is 2.06 bits per heavy atom. The molecule has 3 aromatic carbocycles. The van der Waals surface area contributed by atoms with Crippen LogP contribution in [-0.2, 0) is 11.2 Å². The van der Waals surface area contributed by atoms with E-state index in [0.717, 1.165) is 31.6 Å². The lowest BCUT2D eigenvalue weighted by molar-refractivity contribution is 0.0526. The minimum atomic E-state index is -0.263. The second-order valence-corrected chi connectivity index (χ2v) is 9.77. The molecule has 0 N–H and O–H groups in total. The molecule has 0 radical (unpaired) electrons. The molecule has 2 atom stereocenters. The molecular formula is C32H35NO3. The molecule has 2 aliphatic rings. The predicted molar refractivity (Wildman–Crippen MR) is 144 cm³/mol. The van der Waals surface area contributed by atoms with Gasteiger partial charge in [-0.1, -0.05) is 60.2 Å². The lowest BCUT2D eigenvalue weighted by atomic mass is 9.85. The lowest BCUT2D eigenvalue weighted by Gasteiger charge is -2.37. The highest BCUT2D eigenvalue weighted by molar-refractivity contribution is 5.90. The van der Waals surface area contributed by atoms with Gasteiger partial charge in [0.25, 0.3) is 0 Å². The maximum absolute atomic E-state index is 12.2. The zero-order chi connectivity index (χ0) is 24.9. The van der Waals surface area contributed by atoms with Gasteiger partial charge in [-0.05, 0) is 85.6 Å². The van der Waals surface area contributed by atoms with Crippen molar-refractivity contribution in [1.82, 2.24) is 4.90 Å². The molecule has 4 heteroatoms. The number of rotatable bonds is 8. The van der Waals surface area contributed by atoms with Gasteiger partial charge in [-0.3, -0.25) is 4.90 Å². The van der Waals surface area contributed by atoms with Gasteiger partial charge in [0.05, 0.1) is 19.3 Å². The van der Waals surface area contributed by atoms with E-state index in [1.807, 2.05) is 19.1 Å². The molecule has 0 aliphatic carbocycles. The molecule has 36 heavy (non-hydrogen) atoms. The summed E-state index contributed by atoms with van der Waals surface area (Å²) in [5.41, 5.74) is 7.27. The Labute approximate surface area is 214 Å². The minimum absolute atomic E-state index is 0.263. The number of carbonyl (C=O) groups is 1. The van der Waals surface area contributed by atoms with E-state index in [1.165, 1.54) is 35.1 Å². The van der Waals surface area contributed by atoms with Crippen LogP contribution in [0.25, 0.3) is 5.57 Å². The van der Waals surface area contributed by atoms with Crippen molar-refractivity contribution in [2.24, 2.45) is 0 Å². The van der Waals surface area contributed by atoms with Crippen LogP contribution in [0.1, 0.15) is 59.7 Å². The number of hydrogen-bond acceptors (Lipinski definition) is 4. The number of hydrogen-bond donors (Lipinski definition) is 0. The van der Waals surface area contributed by atoms with E-state index in [-0.39, 0.29) is 5.97 Å². The molecule has 2 heterocycles. The first-order valence-corrected chi connectivity index (χ1v) is 13.1. The van der Waals surface area contributed by atoms with E-state index in [4.69, 9.17) is 9.47 Å². The smallest absolute Gasteiger partial charge is 0.338 e. The molecule has 5 rings (SSSR count). The minimum Gasteiger partial charge on any atom is -0.497 e. The summed E-state index contributed by atoms with van der Waals surface area (Å²) in [6.07, 6.45) is 5.80. The third-order valence-electron chi connectivity index (χ3n) is 7.65. The van der Waals surface area contributed by atoms with Gasteiger partial charge in [-0.25, -0.2) is 4.79 Å². The largest absolute Gasteiger partial charge is 0.497 e. The summed E-state index contributed by atoms with van der Waals surface area (Å²) < 4.78 is 10.5. The number of ether oxygens (including phenoxy) is 2. The number of esters is 1. The van der Waals surface area contributed by atoms with Crippen LogP contribution < -0.4 is 4.74 Å². The summed E-state index contributed by atoms with van der Waals surface area (Å²) in [6.45, 7) is 3.32. The van der Waals surface area contributed by atoms with Gasteiger partial charge in [-0.15, -0.1) is 0 Å². The predicted octanol–water partition coefficient (Wildman–Crippen LogP) is 6.54. The molecule has 2 unspecified atom stereocenters. The average Bonchev–Trinajstić information content (AvgIpc) is 3.16. The lowest BCUT2D eigenvalue weighted by Crippen LogP contribution is -2.41. The van der Waals surface area contributed by atoms with Crippen LogP contribution in [-0.4, -0.2) is 43.2 Å². The Balaban J connectivity index is 1.38. The van der Waals surface area contributed by atoms with Crippen molar-refractivity contribution in [2.45, 2.75) is 51.1 Å². The fourth-order valence-corrected chi connectivity index (χ4v) is 5.89. The number of fused-ring (bicyclic) bond motifs is 2. The van der Waals surface area contributed by atoms with Crippen LogP contribution in [0.15, 0.2) is 84.4 Å². The van der Waals surface area contributed by atoms with Gasteiger partial charge in [0.1, 0.15) is 5.75 Å². The Bertz CT molecular complexity index is 1180. The van der Waals surface area contributed by atoms with E-state index in [0.29, 0.717) is 24.3 Å². The molecule has 2 saturated heterocycles. The first-order valence-electron chi connectivity index (χ1n) is 13.1. The Morgan fingerprint density at radius 1 is 0.833 bits per heavy atom. The van der Waals surface area contributed by atoms with Crippen molar-refractivity contribution >= 4 is 11.5 Å². The van der Waals surface area contributed by atoms with Gasteiger partial charge >= 0.3 is 5.97 Å². The highest BCUT2D eigenvalue weighted by atomic mass is 16.5. The Kier molecular flexibility index (Phi) is 7.52. The van der Waals surface area contributed by atoms with Crippen molar-refractivity contribution < 1.29 is 14.3 Å². The van der Waals surface area contributed by atoms with Crippen LogP contribution in [0.2, 0.25) is 0 Å². The third kappa shape index (κ3) is 5.24. The normalized spacial score (nSPS) is 19.2. The molecule has 0 aromatic heterocycles. The molecule has 3 aromatic rings. The summed E-state index contributed by atoms with van der Waals surface area (Å²) in [5.74, 6) is 0.650. The maximum Gasteiger partial charge on any atom is 0.338 e. The second kappa shape index (κ2) is 11.1. The Morgan fingerprint density at radius 2 is 1.44 bits per heavy atom. The van der Waals surface area contributed by atoms with E-state index < -0.39 is 0 Å². The molecule has 0 spiro atoms. The van der Waals surface area contributed by atoms with Gasteiger partial charge in [-0.2, -0.15) is 0 Å². The zero-order valence-corrected chi connectivity index (χ0v) is 21.3. The van der Waals surface area contributed by atoms with Crippen molar-refractivity contribution in [3.8, 4) is 5.75 Å². The van der Waals surface area contributed by atoms with E-state index in [1.54, 1.807) is 12.7 Å². The molecular weight excluding hydrogens is 446 g/mol. The molecule has 4 nitrogen and oxygen atoms in total. The summed E-state index contributed by atoms with van der Waals surface area (Å²) in [4.78, 5) is 14.9. The third-order valence-corrected chi connectivity index (χ3v) is 7.65. The fraction of sp³-hybridized carbons (Fsp3) is 0.344. The van der Waals surface area contributed by atoms with E-state index in [2.05, 4.69) is 71.6 Å². The van der Waals surface area contributed by atoms with E-state index >= 15 is 0 Å². The van der Waals surface area contributed by atoms with Crippen LogP contribution in [0, 0.1) is 0 Å². The van der Waals surface area contributed by atoms with Crippen LogP contribution in [0.3, 0.4) is 0 Å².